The van der Waals surface area contributed by atoms with Crippen LogP contribution in [-0.2, 0) is 23.9 Å². The van der Waals surface area contributed by atoms with E-state index in [4.69, 9.17) is 9.47 Å². The summed E-state index contributed by atoms with van der Waals surface area (Å²) in [6.07, 6.45) is 2.07. The molecule has 0 spiro atoms. The molecule has 0 aromatic rings. The Morgan fingerprint density at radius 2 is 1.56 bits per heavy atom. The monoisotopic (exact) mass is 254 g/mol. The van der Waals surface area contributed by atoms with Crippen LogP contribution in [0.4, 0.5) is 0 Å². The smallest absolute Gasteiger partial charge is 0.341 e. The van der Waals surface area contributed by atoms with E-state index in [0.717, 1.165) is 0 Å². The molecule has 0 aromatic carbocycles. The van der Waals surface area contributed by atoms with Crippen molar-refractivity contribution in [1.82, 2.24) is 0 Å². The lowest BCUT2D eigenvalue weighted by molar-refractivity contribution is -0.148. The molecule has 0 heterocycles. The third-order valence-corrected chi connectivity index (χ3v) is 1.91. The molecule has 0 amide bonds. The number of allylic oxidation sites excluding steroid dienone is 1. The van der Waals surface area contributed by atoms with Crippen LogP contribution in [0.3, 0.4) is 0 Å². The van der Waals surface area contributed by atoms with Gasteiger partial charge >= 0.3 is 11.9 Å². The van der Waals surface area contributed by atoms with Gasteiger partial charge in [-0.2, -0.15) is 0 Å². The first kappa shape index (κ1) is 16.1. The minimum Gasteiger partial charge on any atom is -0.459 e. The molecule has 0 saturated heterocycles. The minimum atomic E-state index is -0.698. The topological polar surface area (TPSA) is 69.7 Å². The van der Waals surface area contributed by atoms with E-state index in [2.05, 4.69) is 6.58 Å². The van der Waals surface area contributed by atoms with Crippen LogP contribution in [0.5, 0.6) is 0 Å². The van der Waals surface area contributed by atoms with Crippen LogP contribution in [0.2, 0.25) is 0 Å². The number of carbonyl (C=O) groups is 3. The number of ether oxygens (including phenoxy) is 2. The Kier molecular flexibility index (Phi) is 7.35. The molecule has 0 unspecified atom stereocenters. The van der Waals surface area contributed by atoms with Gasteiger partial charge < -0.3 is 9.47 Å². The van der Waals surface area contributed by atoms with Gasteiger partial charge in [0, 0.05) is 5.57 Å². The number of esters is 2. The Labute approximate surface area is 106 Å². The quantitative estimate of drug-likeness (QED) is 0.227. The second-order valence-corrected chi connectivity index (χ2v) is 3.63. The van der Waals surface area contributed by atoms with Crippen molar-refractivity contribution in [3.05, 3.63) is 23.8 Å². The summed E-state index contributed by atoms with van der Waals surface area (Å²) in [5, 5.41) is 0. The summed E-state index contributed by atoms with van der Waals surface area (Å²) in [7, 11) is 0. The number of Topliss-reactive ketones (excluding diaryl/α,β-unsaturated/α-hetero) is 1. The standard InChI is InChI=1S/C13H18O5/c1-5-6-11(10(4)14)13(16)18-8-7-17-12(15)9(2)3/h6H,2,5,7-8H2,1,3-4H3/b11-6+. The molecule has 5 nitrogen and oxygen atoms in total. The van der Waals surface area contributed by atoms with Gasteiger partial charge in [-0.15, -0.1) is 0 Å². The molecule has 0 N–H and O–H groups in total. The van der Waals surface area contributed by atoms with E-state index in [-0.39, 0.29) is 30.1 Å². The molecule has 100 valence electrons. The highest BCUT2D eigenvalue weighted by Crippen LogP contribution is 2.02. The zero-order valence-corrected chi connectivity index (χ0v) is 10.9. The Balaban J connectivity index is 4.11. The van der Waals surface area contributed by atoms with Crippen molar-refractivity contribution in [1.29, 1.82) is 0 Å². The van der Waals surface area contributed by atoms with Crippen LogP contribution >= 0.6 is 0 Å². The van der Waals surface area contributed by atoms with Gasteiger partial charge in [0.1, 0.15) is 13.2 Å². The molecule has 0 fully saturated rings. The Hall–Kier alpha value is -1.91. The zero-order chi connectivity index (χ0) is 14.1. The van der Waals surface area contributed by atoms with E-state index in [1.54, 1.807) is 0 Å². The lowest BCUT2D eigenvalue weighted by Crippen LogP contribution is -2.18. The summed E-state index contributed by atoms with van der Waals surface area (Å²) in [4.78, 5) is 33.6. The van der Waals surface area contributed by atoms with Crippen LogP contribution in [0.1, 0.15) is 27.2 Å². The third kappa shape index (κ3) is 5.98. The molecule has 0 saturated carbocycles. The zero-order valence-electron chi connectivity index (χ0n) is 10.9. The van der Waals surface area contributed by atoms with Crippen LogP contribution in [0.15, 0.2) is 23.8 Å². The number of carbonyl (C=O) groups excluding carboxylic acids is 3. The third-order valence-electron chi connectivity index (χ3n) is 1.91. The molecular formula is C13H18O5. The predicted octanol–water partition coefficient (Wildman–Crippen LogP) is 1.57. The van der Waals surface area contributed by atoms with E-state index in [1.807, 2.05) is 6.92 Å². The maximum Gasteiger partial charge on any atom is 0.341 e. The van der Waals surface area contributed by atoms with Crippen molar-refractivity contribution in [2.45, 2.75) is 27.2 Å². The first-order valence-electron chi connectivity index (χ1n) is 5.61. The number of hydrogen-bond acceptors (Lipinski definition) is 5. The van der Waals surface area contributed by atoms with Gasteiger partial charge in [0.2, 0.25) is 0 Å². The molecule has 0 aliphatic rings. The minimum absolute atomic E-state index is 0.0173. The largest absolute Gasteiger partial charge is 0.459 e. The molecule has 0 aliphatic carbocycles. The number of rotatable bonds is 7. The van der Waals surface area contributed by atoms with Gasteiger partial charge in [0.05, 0.1) is 5.57 Å². The number of ketones is 1. The highest BCUT2D eigenvalue weighted by molar-refractivity contribution is 6.16. The fourth-order valence-electron chi connectivity index (χ4n) is 1.04. The second kappa shape index (κ2) is 8.22. The molecule has 0 aliphatic heterocycles. The van der Waals surface area contributed by atoms with Crippen molar-refractivity contribution in [2.24, 2.45) is 0 Å². The van der Waals surface area contributed by atoms with Gasteiger partial charge in [-0.25, -0.2) is 9.59 Å². The van der Waals surface area contributed by atoms with E-state index in [9.17, 15) is 14.4 Å². The van der Waals surface area contributed by atoms with Crippen molar-refractivity contribution in [2.75, 3.05) is 13.2 Å². The first-order chi connectivity index (χ1) is 8.40. The molecule has 18 heavy (non-hydrogen) atoms. The van der Waals surface area contributed by atoms with E-state index >= 15 is 0 Å². The normalized spacial score (nSPS) is 10.7. The average molecular weight is 254 g/mol. The highest BCUT2D eigenvalue weighted by Gasteiger charge is 2.15. The van der Waals surface area contributed by atoms with Gasteiger partial charge in [0.15, 0.2) is 5.78 Å². The van der Waals surface area contributed by atoms with Gasteiger partial charge in [0.25, 0.3) is 0 Å². The Morgan fingerprint density at radius 3 is 1.94 bits per heavy atom. The maximum absolute atomic E-state index is 11.5. The SMILES string of the molecule is C=C(C)C(=O)OCCOC(=O)/C(=C/CC)C(C)=O. The Morgan fingerprint density at radius 1 is 1.06 bits per heavy atom. The lowest BCUT2D eigenvalue weighted by atomic mass is 10.1. The van der Waals surface area contributed by atoms with Crippen LogP contribution < -0.4 is 0 Å². The summed E-state index contributed by atoms with van der Waals surface area (Å²) in [5.41, 5.74) is 0.292. The van der Waals surface area contributed by atoms with E-state index in [1.165, 1.54) is 19.9 Å². The van der Waals surface area contributed by atoms with Gasteiger partial charge in [-0.05, 0) is 20.3 Å². The lowest BCUT2D eigenvalue weighted by Gasteiger charge is -2.07. The van der Waals surface area contributed by atoms with Crippen LogP contribution in [-0.4, -0.2) is 30.9 Å². The van der Waals surface area contributed by atoms with Gasteiger partial charge in [-0.1, -0.05) is 19.6 Å². The Bertz CT molecular complexity index is 379. The van der Waals surface area contributed by atoms with E-state index in [0.29, 0.717) is 6.42 Å². The summed E-state index contributed by atoms with van der Waals surface area (Å²) in [5.74, 6) is -1.58. The summed E-state index contributed by atoms with van der Waals surface area (Å²) >= 11 is 0. The van der Waals surface area contributed by atoms with E-state index < -0.39 is 11.9 Å². The van der Waals surface area contributed by atoms with Crippen molar-refractivity contribution in [3.63, 3.8) is 0 Å². The molecule has 5 heteroatoms. The van der Waals surface area contributed by atoms with Crippen molar-refractivity contribution in [3.8, 4) is 0 Å². The average Bonchev–Trinajstić information content (AvgIpc) is 2.30. The van der Waals surface area contributed by atoms with Crippen molar-refractivity contribution >= 4 is 17.7 Å². The molecule has 0 atom stereocenters. The first-order valence-corrected chi connectivity index (χ1v) is 5.61. The molecular weight excluding hydrogens is 236 g/mol. The predicted molar refractivity (Wildman–Crippen MR) is 65.8 cm³/mol. The fourth-order valence-corrected chi connectivity index (χ4v) is 1.04. The maximum atomic E-state index is 11.5. The summed E-state index contributed by atoms with van der Waals surface area (Å²) < 4.78 is 9.55. The fraction of sp³-hybridized carbons (Fsp3) is 0.462. The summed E-state index contributed by atoms with van der Waals surface area (Å²) in [6, 6.07) is 0. The van der Waals surface area contributed by atoms with Gasteiger partial charge in [-0.3, -0.25) is 4.79 Å². The molecule has 0 radical (unpaired) electrons. The van der Waals surface area contributed by atoms with Crippen molar-refractivity contribution < 1.29 is 23.9 Å². The molecule has 0 bridgehead atoms. The second-order valence-electron chi connectivity index (χ2n) is 3.63. The van der Waals surface area contributed by atoms with Crippen LogP contribution in [0, 0.1) is 0 Å². The van der Waals surface area contributed by atoms with Crippen LogP contribution in [0.25, 0.3) is 0 Å². The molecule has 0 rings (SSSR count). The molecule has 0 aromatic heterocycles. The summed E-state index contributed by atoms with van der Waals surface area (Å²) in [6.45, 7) is 7.88. The number of hydrogen-bond donors (Lipinski definition) is 0. The highest BCUT2D eigenvalue weighted by atomic mass is 16.6.